The first-order valence-corrected chi connectivity index (χ1v) is 9.92. The molecule has 1 aromatic carbocycles. The number of rotatable bonds is 9. The van der Waals surface area contributed by atoms with Gasteiger partial charge in [0, 0.05) is 13.7 Å². The number of nitrogens with zero attached hydrogens (tertiary/aromatic N) is 2. The van der Waals surface area contributed by atoms with E-state index in [0.717, 1.165) is 46.7 Å². The lowest BCUT2D eigenvalue weighted by Crippen LogP contribution is -2.30. The Kier molecular flexibility index (Phi) is 7.86. The van der Waals surface area contributed by atoms with Gasteiger partial charge in [-0.25, -0.2) is 0 Å². The molecule has 1 heterocycles. The molecule has 1 amide bonds. The third kappa shape index (κ3) is 5.56. The second kappa shape index (κ2) is 9.90. The van der Waals surface area contributed by atoms with Crippen LogP contribution in [-0.2, 0) is 18.2 Å². The van der Waals surface area contributed by atoms with Gasteiger partial charge in [-0.1, -0.05) is 12.1 Å². The van der Waals surface area contributed by atoms with E-state index in [9.17, 15) is 4.79 Å². The van der Waals surface area contributed by atoms with Gasteiger partial charge in [-0.2, -0.15) is 5.10 Å². The normalized spacial score (nSPS) is 10.9. The molecule has 7 heteroatoms. The number of benzene rings is 1. The summed E-state index contributed by atoms with van der Waals surface area (Å²) in [7, 11) is 1.75. The van der Waals surface area contributed by atoms with Crippen molar-refractivity contribution in [3.8, 4) is 5.75 Å². The van der Waals surface area contributed by atoms with E-state index in [1.54, 1.807) is 11.7 Å². The van der Waals surface area contributed by atoms with Crippen molar-refractivity contribution < 1.29 is 14.3 Å². The highest BCUT2D eigenvalue weighted by Crippen LogP contribution is 2.25. The molecule has 0 atom stereocenters. The summed E-state index contributed by atoms with van der Waals surface area (Å²) in [6.07, 6.45) is 0.894. The number of carbonyl (C=O) groups excluding carboxylic acids is 1. The summed E-state index contributed by atoms with van der Waals surface area (Å²) in [5.41, 5.74) is 4.74. The molecule has 2 aromatic rings. The van der Waals surface area contributed by atoms with Crippen LogP contribution in [0.3, 0.4) is 0 Å². The molecule has 1 aromatic heterocycles. The lowest BCUT2D eigenvalue weighted by atomic mass is 10.0. The highest BCUT2D eigenvalue weighted by atomic mass is 79.9. The number of aryl methyl sites for hydroxylation is 4. The fraction of sp³-hybridized carbons (Fsp3) is 0.500. The number of aromatic nitrogens is 2. The van der Waals surface area contributed by atoms with Gasteiger partial charge in [0.05, 0.1) is 23.3 Å². The molecule has 2 rings (SSSR count). The first kappa shape index (κ1) is 21.4. The summed E-state index contributed by atoms with van der Waals surface area (Å²) in [6.45, 7) is 10.2. The maximum Gasteiger partial charge on any atom is 0.270 e. The molecular weight excluding hydrogens is 410 g/mol. The van der Waals surface area contributed by atoms with E-state index in [2.05, 4.69) is 38.5 Å². The van der Waals surface area contributed by atoms with Gasteiger partial charge >= 0.3 is 0 Å². The standard InChI is InChI=1S/C20H28BrN3O3/c1-6-26-9-7-16-11-13(2)19(14(3)12-16)27-10-8-22-20(25)18-17(21)15(4)23-24(18)5/h11-12H,6-10H2,1-5H3,(H,22,25). The SMILES string of the molecule is CCOCCc1cc(C)c(OCCNC(=O)c2c(Br)c(C)nn2C)c(C)c1. The first-order chi connectivity index (χ1) is 12.8. The van der Waals surface area contributed by atoms with Crippen molar-refractivity contribution in [2.24, 2.45) is 7.05 Å². The minimum atomic E-state index is -0.173. The molecular formula is C20H28BrN3O3. The van der Waals surface area contributed by atoms with Crippen molar-refractivity contribution >= 4 is 21.8 Å². The second-order valence-corrected chi connectivity index (χ2v) is 7.27. The van der Waals surface area contributed by atoms with E-state index in [-0.39, 0.29) is 5.91 Å². The Bertz CT molecular complexity index is 779. The Labute approximate surface area is 169 Å². The van der Waals surface area contributed by atoms with E-state index < -0.39 is 0 Å². The number of hydrogen-bond acceptors (Lipinski definition) is 4. The van der Waals surface area contributed by atoms with Gasteiger partial charge in [-0.15, -0.1) is 0 Å². The molecule has 6 nitrogen and oxygen atoms in total. The molecule has 27 heavy (non-hydrogen) atoms. The number of ether oxygens (including phenoxy) is 2. The fourth-order valence-electron chi connectivity index (χ4n) is 3.03. The average Bonchev–Trinajstić information content (AvgIpc) is 2.86. The zero-order valence-corrected chi connectivity index (χ0v) is 18.3. The lowest BCUT2D eigenvalue weighted by molar-refractivity contribution is 0.0936. The molecule has 148 valence electrons. The van der Waals surface area contributed by atoms with Crippen molar-refractivity contribution in [3.05, 3.63) is 44.7 Å². The van der Waals surface area contributed by atoms with E-state index in [0.29, 0.717) is 18.8 Å². The minimum Gasteiger partial charge on any atom is -0.491 e. The molecule has 0 aliphatic carbocycles. The molecule has 0 bridgehead atoms. The molecule has 0 saturated carbocycles. The number of halogens is 1. The summed E-state index contributed by atoms with van der Waals surface area (Å²) < 4.78 is 13.6. The smallest absolute Gasteiger partial charge is 0.270 e. The zero-order valence-electron chi connectivity index (χ0n) is 16.7. The van der Waals surface area contributed by atoms with Crippen LogP contribution in [0.15, 0.2) is 16.6 Å². The van der Waals surface area contributed by atoms with Gasteiger partial charge in [0.25, 0.3) is 5.91 Å². The molecule has 0 fully saturated rings. The van der Waals surface area contributed by atoms with Crippen LogP contribution in [0.1, 0.15) is 39.8 Å². The summed E-state index contributed by atoms with van der Waals surface area (Å²) in [5, 5.41) is 7.11. The minimum absolute atomic E-state index is 0.173. The van der Waals surface area contributed by atoms with Crippen LogP contribution < -0.4 is 10.1 Å². The van der Waals surface area contributed by atoms with Gasteiger partial charge in [0.2, 0.25) is 0 Å². The van der Waals surface area contributed by atoms with Crippen molar-refractivity contribution in [1.29, 1.82) is 0 Å². The third-order valence-electron chi connectivity index (χ3n) is 4.26. The topological polar surface area (TPSA) is 65.4 Å². The van der Waals surface area contributed by atoms with Crippen molar-refractivity contribution in [1.82, 2.24) is 15.1 Å². The fourth-order valence-corrected chi connectivity index (χ4v) is 3.54. The summed E-state index contributed by atoms with van der Waals surface area (Å²) in [4.78, 5) is 12.3. The Hall–Kier alpha value is -1.86. The highest BCUT2D eigenvalue weighted by molar-refractivity contribution is 9.10. The quantitative estimate of drug-likeness (QED) is 0.609. The molecule has 0 spiro atoms. The largest absolute Gasteiger partial charge is 0.491 e. The first-order valence-electron chi connectivity index (χ1n) is 9.13. The summed E-state index contributed by atoms with van der Waals surface area (Å²) >= 11 is 3.41. The van der Waals surface area contributed by atoms with Gasteiger partial charge in [0.1, 0.15) is 18.1 Å². The van der Waals surface area contributed by atoms with Gasteiger partial charge < -0.3 is 14.8 Å². The second-order valence-electron chi connectivity index (χ2n) is 6.48. The molecule has 0 aliphatic heterocycles. The Morgan fingerprint density at radius 2 is 1.89 bits per heavy atom. The van der Waals surface area contributed by atoms with E-state index in [1.165, 1.54) is 5.56 Å². The lowest BCUT2D eigenvalue weighted by Gasteiger charge is -2.14. The Morgan fingerprint density at radius 3 is 2.44 bits per heavy atom. The van der Waals surface area contributed by atoms with Crippen LogP contribution in [-0.4, -0.2) is 42.1 Å². The Morgan fingerprint density at radius 1 is 1.22 bits per heavy atom. The van der Waals surface area contributed by atoms with Gasteiger partial charge in [-0.05, 0) is 66.7 Å². The molecule has 0 saturated heterocycles. The highest BCUT2D eigenvalue weighted by Gasteiger charge is 2.17. The number of hydrogen-bond donors (Lipinski definition) is 1. The van der Waals surface area contributed by atoms with Crippen molar-refractivity contribution in [3.63, 3.8) is 0 Å². The van der Waals surface area contributed by atoms with Crippen LogP contribution in [0.25, 0.3) is 0 Å². The maximum absolute atomic E-state index is 12.3. The van der Waals surface area contributed by atoms with Crippen LogP contribution in [0.5, 0.6) is 5.75 Å². The van der Waals surface area contributed by atoms with E-state index in [4.69, 9.17) is 9.47 Å². The molecule has 0 radical (unpaired) electrons. The van der Waals surface area contributed by atoms with E-state index >= 15 is 0 Å². The number of nitrogens with one attached hydrogen (secondary N) is 1. The Balaban J connectivity index is 1.89. The average molecular weight is 438 g/mol. The van der Waals surface area contributed by atoms with Crippen LogP contribution >= 0.6 is 15.9 Å². The van der Waals surface area contributed by atoms with Crippen LogP contribution in [0.2, 0.25) is 0 Å². The van der Waals surface area contributed by atoms with E-state index in [1.807, 2.05) is 27.7 Å². The summed E-state index contributed by atoms with van der Waals surface area (Å²) in [5.74, 6) is 0.704. The van der Waals surface area contributed by atoms with Crippen LogP contribution in [0, 0.1) is 20.8 Å². The zero-order chi connectivity index (χ0) is 20.0. The predicted molar refractivity (Wildman–Crippen MR) is 110 cm³/mol. The van der Waals surface area contributed by atoms with Gasteiger partial charge in [-0.3, -0.25) is 9.48 Å². The third-order valence-corrected chi connectivity index (χ3v) is 5.21. The van der Waals surface area contributed by atoms with Gasteiger partial charge in [0.15, 0.2) is 0 Å². The number of amides is 1. The van der Waals surface area contributed by atoms with Crippen molar-refractivity contribution in [2.75, 3.05) is 26.4 Å². The molecule has 0 unspecified atom stereocenters. The predicted octanol–water partition coefficient (Wildman–Crippen LogP) is 3.50. The molecule has 0 aliphatic rings. The summed E-state index contributed by atoms with van der Waals surface area (Å²) in [6, 6.07) is 4.27. The maximum atomic E-state index is 12.3. The molecule has 1 N–H and O–H groups in total. The van der Waals surface area contributed by atoms with Crippen LogP contribution in [0.4, 0.5) is 0 Å². The van der Waals surface area contributed by atoms with Crippen molar-refractivity contribution in [2.45, 2.75) is 34.1 Å². The monoisotopic (exact) mass is 437 g/mol. The number of carbonyl (C=O) groups is 1.